The van der Waals surface area contributed by atoms with Gasteiger partial charge in [-0.25, -0.2) is 17.5 Å². The van der Waals surface area contributed by atoms with Crippen LogP contribution in [0.5, 0.6) is 0 Å². The third-order valence-corrected chi connectivity index (χ3v) is 10.4. The number of aromatic nitrogens is 4. The number of hydrogen-bond donors (Lipinski definition) is 0. The lowest BCUT2D eigenvalue weighted by atomic mass is 9.87. The lowest BCUT2D eigenvalue weighted by Gasteiger charge is -2.25. The second-order valence-corrected chi connectivity index (χ2v) is 13.0. The summed E-state index contributed by atoms with van der Waals surface area (Å²) in [6.07, 6.45) is 4.76. The normalized spacial score (nSPS) is 22.9. The van der Waals surface area contributed by atoms with Gasteiger partial charge in [0.2, 0.25) is 10.0 Å². The van der Waals surface area contributed by atoms with Gasteiger partial charge in [0.05, 0.1) is 23.6 Å². The minimum absolute atomic E-state index is 0.103. The monoisotopic (exact) mass is 561 g/mol. The fourth-order valence-electron chi connectivity index (χ4n) is 6.59. The Morgan fingerprint density at radius 2 is 1.85 bits per heavy atom. The van der Waals surface area contributed by atoms with Gasteiger partial charge in [-0.2, -0.15) is 14.5 Å². The molecule has 2 aliphatic rings. The van der Waals surface area contributed by atoms with Crippen LogP contribution in [0, 0.1) is 18.7 Å². The van der Waals surface area contributed by atoms with Crippen LogP contribution in [0.25, 0.3) is 16.6 Å². The summed E-state index contributed by atoms with van der Waals surface area (Å²) in [5.41, 5.74) is 4.58. The zero-order valence-corrected chi connectivity index (χ0v) is 22.9. The molecule has 3 heterocycles. The average Bonchev–Trinajstić information content (AvgIpc) is 3.33. The molecule has 198 valence electrons. The molecule has 5 aromatic rings. The van der Waals surface area contributed by atoms with Crippen LogP contribution >= 0.6 is 11.6 Å². The predicted octanol–water partition coefficient (Wildman–Crippen LogP) is 5.22. The van der Waals surface area contributed by atoms with E-state index in [1.54, 1.807) is 34.4 Å². The molecule has 2 fully saturated rings. The van der Waals surface area contributed by atoms with Crippen LogP contribution < -0.4 is 0 Å². The smallest absolute Gasteiger partial charge is 0.246 e. The maximum Gasteiger partial charge on any atom is 0.246 e. The van der Waals surface area contributed by atoms with Crippen molar-refractivity contribution in [2.24, 2.45) is 13.0 Å². The van der Waals surface area contributed by atoms with E-state index in [4.69, 9.17) is 11.6 Å². The second kappa shape index (κ2) is 8.48. The van der Waals surface area contributed by atoms with Crippen LogP contribution in [0.1, 0.15) is 22.6 Å². The third kappa shape index (κ3) is 3.67. The van der Waals surface area contributed by atoms with Gasteiger partial charge in [-0.1, -0.05) is 23.7 Å². The largest absolute Gasteiger partial charge is 0.274 e. The quantitative estimate of drug-likeness (QED) is 0.295. The minimum Gasteiger partial charge on any atom is -0.274 e. The van der Waals surface area contributed by atoms with Crippen molar-refractivity contribution < 1.29 is 12.8 Å². The van der Waals surface area contributed by atoms with Gasteiger partial charge >= 0.3 is 0 Å². The van der Waals surface area contributed by atoms with E-state index in [0.717, 1.165) is 33.3 Å². The highest BCUT2D eigenvalue weighted by molar-refractivity contribution is 7.89. The van der Waals surface area contributed by atoms with Crippen LogP contribution in [0.15, 0.2) is 84.1 Å². The molecule has 0 amide bonds. The molecule has 2 aromatic heterocycles. The third-order valence-electron chi connectivity index (χ3n) is 8.36. The van der Waals surface area contributed by atoms with Gasteiger partial charge in [0.25, 0.3) is 0 Å². The number of rotatable bonds is 5. The van der Waals surface area contributed by atoms with Crippen molar-refractivity contribution in [3.05, 3.63) is 107 Å². The van der Waals surface area contributed by atoms with Gasteiger partial charge < -0.3 is 0 Å². The highest BCUT2D eigenvalue weighted by atomic mass is 35.5. The Morgan fingerprint density at radius 3 is 2.56 bits per heavy atom. The number of fused-ring (bicyclic) bond motifs is 2. The average molecular weight is 562 g/mol. The van der Waals surface area contributed by atoms with E-state index in [1.165, 1.54) is 23.0 Å². The molecule has 3 atom stereocenters. The van der Waals surface area contributed by atoms with E-state index in [2.05, 4.69) is 35.3 Å². The highest BCUT2D eigenvalue weighted by Crippen LogP contribution is 2.70. The fraction of sp³-hybridized carbons (Fsp3) is 0.241. The molecule has 1 aliphatic heterocycles. The van der Waals surface area contributed by atoms with E-state index < -0.39 is 15.4 Å². The van der Waals surface area contributed by atoms with Crippen molar-refractivity contribution in [1.29, 1.82) is 0 Å². The van der Waals surface area contributed by atoms with Gasteiger partial charge in [0, 0.05) is 48.1 Å². The molecule has 1 saturated heterocycles. The molecular formula is C29H25ClFN5O2S. The molecule has 0 N–H and O–H groups in total. The van der Waals surface area contributed by atoms with Gasteiger partial charge in [-0.3, -0.25) is 4.68 Å². The summed E-state index contributed by atoms with van der Waals surface area (Å²) in [5, 5.41) is 10.3. The lowest BCUT2D eigenvalue weighted by molar-refractivity contribution is 0.421. The Balaban J connectivity index is 1.34. The molecule has 10 heteroatoms. The van der Waals surface area contributed by atoms with Crippen LogP contribution in [-0.2, 0) is 22.5 Å². The molecule has 1 aliphatic carbocycles. The molecule has 7 rings (SSSR count). The number of nitrogens with zero attached hydrogens (tertiary/aromatic N) is 5. The highest BCUT2D eigenvalue weighted by Gasteiger charge is 2.71. The number of aryl methyl sites for hydroxylation is 2. The van der Waals surface area contributed by atoms with E-state index in [1.807, 2.05) is 24.4 Å². The molecular weight excluding hydrogens is 537 g/mol. The second-order valence-electron chi connectivity index (χ2n) is 10.6. The number of benzene rings is 3. The molecule has 7 nitrogen and oxygen atoms in total. The maximum absolute atomic E-state index is 13.6. The van der Waals surface area contributed by atoms with Crippen molar-refractivity contribution in [2.45, 2.75) is 23.2 Å². The van der Waals surface area contributed by atoms with Crippen molar-refractivity contribution >= 4 is 32.5 Å². The van der Waals surface area contributed by atoms with Crippen molar-refractivity contribution in [1.82, 2.24) is 23.9 Å². The molecule has 0 spiro atoms. The molecule has 39 heavy (non-hydrogen) atoms. The predicted molar refractivity (Wildman–Crippen MR) is 147 cm³/mol. The Hall–Kier alpha value is -3.53. The molecule has 3 aromatic carbocycles. The molecule has 0 radical (unpaired) electrons. The van der Waals surface area contributed by atoms with E-state index in [-0.39, 0.29) is 22.5 Å². The van der Waals surface area contributed by atoms with Crippen LogP contribution in [-0.4, -0.2) is 45.4 Å². The minimum atomic E-state index is -3.69. The summed E-state index contributed by atoms with van der Waals surface area (Å²) in [6, 6.07) is 18.4. The Kier molecular flexibility index (Phi) is 5.33. The summed E-state index contributed by atoms with van der Waals surface area (Å²) in [4.78, 5) is 0.202. The first kappa shape index (κ1) is 24.5. The lowest BCUT2D eigenvalue weighted by Crippen LogP contribution is -2.34. The molecule has 0 bridgehead atoms. The Bertz CT molecular complexity index is 1870. The topological polar surface area (TPSA) is 73.0 Å². The summed E-state index contributed by atoms with van der Waals surface area (Å²) in [5.74, 6) is -0.0582. The number of halogens is 2. The number of hydrogen-bond acceptors (Lipinski definition) is 4. The van der Waals surface area contributed by atoms with E-state index in [0.29, 0.717) is 18.1 Å². The van der Waals surface area contributed by atoms with Crippen LogP contribution in [0.2, 0.25) is 5.02 Å². The first-order valence-corrected chi connectivity index (χ1v) is 14.5. The van der Waals surface area contributed by atoms with Gasteiger partial charge in [-0.15, -0.1) is 0 Å². The molecule has 0 unspecified atom stereocenters. The zero-order valence-electron chi connectivity index (χ0n) is 21.3. The first-order chi connectivity index (χ1) is 18.7. The Labute approximate surface area is 230 Å². The summed E-state index contributed by atoms with van der Waals surface area (Å²) in [6.45, 7) is 2.85. The zero-order chi connectivity index (χ0) is 27.1. The summed E-state index contributed by atoms with van der Waals surface area (Å²) >= 11 is 6.38. The van der Waals surface area contributed by atoms with Crippen molar-refractivity contribution in [3.63, 3.8) is 0 Å². The van der Waals surface area contributed by atoms with Crippen molar-refractivity contribution in [3.8, 4) is 5.69 Å². The van der Waals surface area contributed by atoms with Crippen molar-refractivity contribution in [2.75, 3.05) is 13.1 Å². The maximum atomic E-state index is 13.6. The SMILES string of the molecule is Cc1cc2c(cnn2-c2ccc(F)cc2)cc1[C@@]12CN(S(=O)(=O)c3cnn(C)c3)C[C@@H]1[C@H]2c1cccc(Cl)c1. The summed E-state index contributed by atoms with van der Waals surface area (Å²) in [7, 11) is -1.98. The van der Waals surface area contributed by atoms with Crippen LogP contribution in [0.3, 0.4) is 0 Å². The summed E-state index contributed by atoms with van der Waals surface area (Å²) < 4.78 is 45.6. The van der Waals surface area contributed by atoms with E-state index >= 15 is 0 Å². The van der Waals surface area contributed by atoms with E-state index in [9.17, 15) is 12.8 Å². The molecule has 1 saturated carbocycles. The van der Waals surface area contributed by atoms with Gasteiger partial charge in [0.15, 0.2) is 0 Å². The number of sulfonamides is 1. The standard InChI is InChI=1S/C29H25ClFN5O2S/c1-18-10-27-20(13-33-36(27)23-8-6-22(31)7-9-23)12-25(18)29-17-35(39(37,38)24-14-32-34(2)15-24)16-26(29)28(29)19-4-3-5-21(30)11-19/h3-15,26,28H,16-17H2,1-2H3/t26-,28-,29+/m1/s1. The van der Waals surface area contributed by atoms with Crippen LogP contribution in [0.4, 0.5) is 4.39 Å². The Morgan fingerprint density at radius 1 is 1.05 bits per heavy atom. The number of piperidine rings is 1. The van der Waals surface area contributed by atoms with Gasteiger partial charge in [-0.05, 0) is 78.1 Å². The first-order valence-electron chi connectivity index (χ1n) is 12.7. The van der Waals surface area contributed by atoms with Gasteiger partial charge in [0.1, 0.15) is 10.7 Å². The fourth-order valence-corrected chi connectivity index (χ4v) is 8.30.